The van der Waals surface area contributed by atoms with Crippen LogP contribution < -0.4 is 4.74 Å². The van der Waals surface area contributed by atoms with E-state index in [1.54, 1.807) is 30.3 Å². The van der Waals surface area contributed by atoms with Crippen molar-refractivity contribution in [2.45, 2.75) is 90.3 Å². The van der Waals surface area contributed by atoms with E-state index in [1.807, 2.05) is 0 Å². The van der Waals surface area contributed by atoms with E-state index in [-0.39, 0.29) is 41.9 Å². The molecule has 1 saturated heterocycles. The summed E-state index contributed by atoms with van der Waals surface area (Å²) >= 11 is 0. The predicted molar refractivity (Wildman–Crippen MR) is 159 cm³/mol. The topological polar surface area (TPSA) is 27.7 Å². The van der Waals surface area contributed by atoms with Crippen LogP contribution in [0.3, 0.4) is 0 Å². The van der Waals surface area contributed by atoms with Gasteiger partial charge in [0.2, 0.25) is 5.82 Å². The lowest BCUT2D eigenvalue weighted by Gasteiger charge is -2.30. The summed E-state index contributed by atoms with van der Waals surface area (Å²) in [6, 6.07) is 12.3. The minimum atomic E-state index is -1.03. The average Bonchev–Trinajstić information content (AvgIpc) is 3.01. The molecule has 0 amide bonds. The van der Waals surface area contributed by atoms with Gasteiger partial charge in [-0.15, -0.1) is 0 Å². The highest BCUT2D eigenvalue weighted by atomic mass is 19.2. The van der Waals surface area contributed by atoms with Crippen molar-refractivity contribution < 1.29 is 31.8 Å². The zero-order chi connectivity index (χ0) is 29.9. The van der Waals surface area contributed by atoms with Gasteiger partial charge >= 0.3 is 0 Å². The Bertz CT molecular complexity index is 1270. The van der Waals surface area contributed by atoms with Crippen LogP contribution in [0.25, 0.3) is 22.3 Å². The summed E-state index contributed by atoms with van der Waals surface area (Å²) in [5.74, 6) is -4.44. The fraction of sp³-hybridized carbons (Fsp3) is 0.486. The van der Waals surface area contributed by atoms with Crippen molar-refractivity contribution in [2.75, 3.05) is 19.8 Å². The summed E-state index contributed by atoms with van der Waals surface area (Å²) < 4.78 is 77.0. The maximum atomic E-state index is 15.2. The van der Waals surface area contributed by atoms with Gasteiger partial charge in [-0.3, -0.25) is 0 Å². The van der Waals surface area contributed by atoms with E-state index in [4.69, 9.17) is 14.2 Å². The monoisotopic (exact) mass is 586 g/mol. The quantitative estimate of drug-likeness (QED) is 0.131. The SMILES string of the molecule is CCCCCCCCOc1ccc(-c2ccc(-c3ccc(C4COC(CCCCC)OC4)c(F)c3F)cc2)c(F)c1F. The molecular weight excluding hydrogens is 544 g/mol. The molecule has 3 nitrogen and oxygen atoms in total. The molecule has 0 saturated carbocycles. The summed E-state index contributed by atoms with van der Waals surface area (Å²) in [7, 11) is 0. The van der Waals surface area contributed by atoms with Gasteiger partial charge in [0.25, 0.3) is 0 Å². The van der Waals surface area contributed by atoms with Crippen LogP contribution in [0.2, 0.25) is 0 Å². The Labute approximate surface area is 247 Å². The first-order valence-corrected chi connectivity index (χ1v) is 15.4. The Morgan fingerprint density at radius 3 is 1.81 bits per heavy atom. The molecule has 0 spiro atoms. The van der Waals surface area contributed by atoms with Crippen molar-refractivity contribution in [3.05, 3.63) is 77.4 Å². The Morgan fingerprint density at radius 2 is 1.17 bits per heavy atom. The van der Waals surface area contributed by atoms with Crippen molar-refractivity contribution in [3.63, 3.8) is 0 Å². The lowest BCUT2D eigenvalue weighted by molar-refractivity contribution is -0.190. The van der Waals surface area contributed by atoms with E-state index in [1.165, 1.54) is 37.5 Å². The molecule has 0 aliphatic carbocycles. The fourth-order valence-electron chi connectivity index (χ4n) is 5.31. The Kier molecular flexibility index (Phi) is 12.3. The number of rotatable bonds is 15. The molecule has 1 aliphatic rings. The Morgan fingerprint density at radius 1 is 0.619 bits per heavy atom. The molecular formula is C35H42F4O3. The van der Waals surface area contributed by atoms with Crippen molar-refractivity contribution in [3.8, 4) is 28.0 Å². The predicted octanol–water partition coefficient (Wildman–Crippen LogP) is 10.4. The maximum Gasteiger partial charge on any atom is 0.201 e. The molecule has 4 rings (SSSR count). The molecule has 0 atom stereocenters. The summed E-state index contributed by atoms with van der Waals surface area (Å²) in [4.78, 5) is 0. The van der Waals surface area contributed by atoms with Gasteiger partial charge in [0.15, 0.2) is 29.5 Å². The third-order valence-electron chi connectivity index (χ3n) is 7.87. The van der Waals surface area contributed by atoms with E-state index < -0.39 is 29.2 Å². The molecule has 3 aromatic rings. The van der Waals surface area contributed by atoms with E-state index in [9.17, 15) is 8.78 Å². The molecule has 0 N–H and O–H groups in total. The second kappa shape index (κ2) is 16.1. The number of hydrogen-bond acceptors (Lipinski definition) is 3. The van der Waals surface area contributed by atoms with E-state index >= 15 is 8.78 Å². The molecule has 0 unspecified atom stereocenters. The number of benzene rings is 3. The van der Waals surface area contributed by atoms with Gasteiger partial charge in [-0.2, -0.15) is 4.39 Å². The Hall–Kier alpha value is -2.90. The van der Waals surface area contributed by atoms with Crippen LogP contribution in [-0.4, -0.2) is 26.1 Å². The van der Waals surface area contributed by atoms with Gasteiger partial charge in [0.1, 0.15) is 0 Å². The van der Waals surface area contributed by atoms with Crippen LogP contribution in [0.5, 0.6) is 5.75 Å². The van der Waals surface area contributed by atoms with Gasteiger partial charge in [-0.05, 0) is 48.1 Å². The molecule has 228 valence electrons. The summed E-state index contributed by atoms with van der Waals surface area (Å²) in [6.07, 6.45) is 10.1. The molecule has 7 heteroatoms. The minimum absolute atomic E-state index is 0.0678. The third-order valence-corrected chi connectivity index (χ3v) is 7.87. The van der Waals surface area contributed by atoms with Crippen LogP contribution in [-0.2, 0) is 9.47 Å². The van der Waals surface area contributed by atoms with Crippen LogP contribution >= 0.6 is 0 Å². The van der Waals surface area contributed by atoms with Gasteiger partial charge < -0.3 is 14.2 Å². The highest BCUT2D eigenvalue weighted by molar-refractivity contribution is 5.72. The average molecular weight is 587 g/mol. The first-order chi connectivity index (χ1) is 20.4. The van der Waals surface area contributed by atoms with Crippen molar-refractivity contribution >= 4 is 0 Å². The highest BCUT2D eigenvalue weighted by Crippen LogP contribution is 2.35. The van der Waals surface area contributed by atoms with Crippen molar-refractivity contribution in [2.24, 2.45) is 0 Å². The first-order valence-electron chi connectivity index (χ1n) is 15.4. The smallest absolute Gasteiger partial charge is 0.201 e. The molecule has 1 aliphatic heterocycles. The number of unbranched alkanes of at least 4 members (excludes halogenated alkanes) is 7. The van der Waals surface area contributed by atoms with Crippen LogP contribution in [0.1, 0.15) is 89.5 Å². The van der Waals surface area contributed by atoms with Crippen LogP contribution in [0, 0.1) is 23.3 Å². The van der Waals surface area contributed by atoms with Crippen LogP contribution in [0.4, 0.5) is 17.6 Å². The fourth-order valence-corrected chi connectivity index (χ4v) is 5.31. The largest absolute Gasteiger partial charge is 0.490 e. The van der Waals surface area contributed by atoms with E-state index in [2.05, 4.69) is 13.8 Å². The number of halogens is 4. The highest BCUT2D eigenvalue weighted by Gasteiger charge is 2.27. The van der Waals surface area contributed by atoms with Gasteiger partial charge in [0, 0.05) is 17.0 Å². The molecule has 1 fully saturated rings. The van der Waals surface area contributed by atoms with Crippen molar-refractivity contribution in [1.29, 1.82) is 0 Å². The lowest BCUT2D eigenvalue weighted by Crippen LogP contribution is -2.31. The minimum Gasteiger partial charge on any atom is -0.490 e. The molecule has 3 aromatic carbocycles. The van der Waals surface area contributed by atoms with Crippen molar-refractivity contribution in [1.82, 2.24) is 0 Å². The summed E-state index contributed by atoms with van der Waals surface area (Å²) in [5, 5.41) is 0. The van der Waals surface area contributed by atoms with Gasteiger partial charge in [-0.25, -0.2) is 13.2 Å². The molecule has 0 aromatic heterocycles. The van der Waals surface area contributed by atoms with E-state index in [0.717, 1.165) is 44.9 Å². The third kappa shape index (κ3) is 8.13. The summed E-state index contributed by atoms with van der Waals surface area (Å²) in [6.45, 7) is 5.16. The second-order valence-electron chi connectivity index (χ2n) is 11.1. The first kappa shape index (κ1) is 32.0. The van der Waals surface area contributed by atoms with Gasteiger partial charge in [0.05, 0.1) is 19.8 Å². The Balaban J connectivity index is 1.38. The number of ether oxygens (including phenoxy) is 3. The zero-order valence-electron chi connectivity index (χ0n) is 24.7. The number of hydrogen-bond donors (Lipinski definition) is 0. The summed E-state index contributed by atoms with van der Waals surface area (Å²) in [5.41, 5.74) is 1.21. The normalized spacial score (nSPS) is 17.0. The molecule has 0 radical (unpaired) electrons. The molecule has 0 bridgehead atoms. The van der Waals surface area contributed by atoms with E-state index in [0.29, 0.717) is 17.7 Å². The van der Waals surface area contributed by atoms with Gasteiger partial charge in [-0.1, -0.05) is 95.2 Å². The standard InChI is InChI=1S/C35H42F4O3/c1-3-5-7-8-9-11-21-40-30-20-19-28(34(38)35(30)39)25-15-13-24(14-16-25)27-17-18-29(33(37)32(27)36)26-22-41-31(42-23-26)12-10-6-4-2/h13-20,26,31H,3-12,21-23H2,1-2H3. The molecule has 1 heterocycles. The van der Waals surface area contributed by atoms with Crippen LogP contribution in [0.15, 0.2) is 48.5 Å². The maximum absolute atomic E-state index is 15.2. The second-order valence-corrected chi connectivity index (χ2v) is 11.1. The zero-order valence-corrected chi connectivity index (χ0v) is 24.7. The lowest BCUT2D eigenvalue weighted by atomic mass is 9.94. The molecule has 42 heavy (non-hydrogen) atoms.